The minimum atomic E-state index is -1.98. The molecule has 10 aromatic carbocycles. The van der Waals surface area contributed by atoms with Crippen molar-refractivity contribution in [2.24, 2.45) is 0 Å². The van der Waals surface area contributed by atoms with Crippen molar-refractivity contribution in [3.8, 4) is 22.3 Å². The Bertz CT molecular complexity index is 3380. The molecular formula is C73H71ClN2S. The lowest BCUT2D eigenvalue weighted by atomic mass is 9.82. The van der Waals surface area contributed by atoms with Gasteiger partial charge in [0.05, 0.1) is 22.1 Å². The molecule has 0 amide bonds. The van der Waals surface area contributed by atoms with E-state index < -0.39 is 10.0 Å². The summed E-state index contributed by atoms with van der Waals surface area (Å²) in [5.41, 5.74) is 15.0. The highest BCUT2D eigenvalue weighted by Crippen LogP contribution is 2.73. The van der Waals surface area contributed by atoms with E-state index in [9.17, 15) is 0 Å². The van der Waals surface area contributed by atoms with E-state index in [-0.39, 0.29) is 16.2 Å². The smallest absolute Gasteiger partial charge is 0.0887 e. The summed E-state index contributed by atoms with van der Waals surface area (Å²) in [5, 5.41) is 0.634. The normalized spacial score (nSPS) is 12.3. The van der Waals surface area contributed by atoms with Crippen LogP contribution in [0.3, 0.4) is 0 Å². The summed E-state index contributed by atoms with van der Waals surface area (Å²) in [6.45, 7) is 22.7. The Labute approximate surface area is 466 Å². The highest BCUT2D eigenvalue weighted by molar-refractivity contribution is 8.34. The lowest BCUT2D eigenvalue weighted by Crippen LogP contribution is -2.18. The maximum absolute atomic E-state index is 8.34. The monoisotopic (exact) mass is 1040 g/mol. The minimum absolute atomic E-state index is 0.0121. The largest absolute Gasteiger partial charge is 0.309 e. The zero-order chi connectivity index (χ0) is 54.1. The predicted octanol–water partition coefficient (Wildman–Crippen LogP) is 22.2. The van der Waals surface area contributed by atoms with Gasteiger partial charge in [-0.3, -0.25) is 0 Å². The molecule has 0 saturated heterocycles. The second-order valence-electron chi connectivity index (χ2n) is 23.3. The second kappa shape index (κ2) is 21.5. The van der Waals surface area contributed by atoms with Gasteiger partial charge in [0.1, 0.15) is 0 Å². The van der Waals surface area contributed by atoms with Crippen LogP contribution >= 0.6 is 21.6 Å². The summed E-state index contributed by atoms with van der Waals surface area (Å²) in [7, 11) is -1.98. The van der Waals surface area contributed by atoms with Crippen LogP contribution < -0.4 is 9.80 Å². The van der Waals surface area contributed by atoms with Gasteiger partial charge in [0, 0.05) is 47.8 Å². The van der Waals surface area contributed by atoms with Gasteiger partial charge in [-0.15, -0.1) is 10.0 Å². The molecule has 0 saturated carbocycles. The van der Waals surface area contributed by atoms with E-state index in [1.807, 2.05) is 0 Å². The fraction of sp³-hybridized carbons (Fsp3) is 0.178. The van der Waals surface area contributed by atoms with Crippen molar-refractivity contribution in [3.63, 3.8) is 0 Å². The maximum Gasteiger partial charge on any atom is 0.0887 e. The van der Waals surface area contributed by atoms with E-state index in [1.165, 1.54) is 36.3 Å². The van der Waals surface area contributed by atoms with Crippen LogP contribution in [-0.2, 0) is 16.2 Å². The topological polar surface area (TPSA) is 6.48 Å². The average molecular weight is 1040 g/mol. The van der Waals surface area contributed by atoms with Gasteiger partial charge in [-0.2, -0.15) is 0 Å². The maximum atomic E-state index is 8.34. The predicted molar refractivity (Wildman–Crippen MR) is 333 cm³/mol. The van der Waals surface area contributed by atoms with Gasteiger partial charge >= 0.3 is 0 Å². The molecule has 0 radical (unpaired) electrons. The van der Waals surface area contributed by atoms with Crippen LogP contribution in [0.1, 0.15) is 84.6 Å². The number of halogens is 1. The minimum Gasteiger partial charge on any atom is -0.309 e. The summed E-state index contributed by atoms with van der Waals surface area (Å²) in [6.07, 6.45) is 0. The number of rotatable bonds is 12. The van der Waals surface area contributed by atoms with Gasteiger partial charge < -0.3 is 9.80 Å². The van der Waals surface area contributed by atoms with Crippen LogP contribution in [-0.4, -0.2) is 0 Å². The van der Waals surface area contributed by atoms with Crippen molar-refractivity contribution >= 4 is 55.8 Å². The Morgan fingerprint density at radius 2 is 0.623 bits per heavy atom. The van der Waals surface area contributed by atoms with Crippen LogP contribution in [0, 0.1) is 6.92 Å². The molecule has 0 aliphatic rings. The lowest BCUT2D eigenvalue weighted by Gasteiger charge is -2.42. The lowest BCUT2D eigenvalue weighted by molar-refractivity contribution is 0.590. The standard InChI is InChI=1S/C73H71ClN2S/c1-52-48-67(75(58-40-36-55(37-41-58)71(2,3)4)59-42-38-56(39-43-59)72(5,6)7)69(74)68(49-52)76(70-65(53-26-16-11-17-27-53)50-57(73(8,9)10)51-66(70)54-28-18-12-19-29-54)60-44-46-64(47-45-60)77(61-30-20-13-21-31-61,62-32-22-14-23-33-62)63-34-24-15-25-35-63/h11-51H,1-10H3. The first-order chi connectivity index (χ1) is 36.9. The average Bonchev–Trinajstić information content (AvgIpc) is 3.45. The van der Waals surface area contributed by atoms with E-state index in [0.717, 1.165) is 61.9 Å². The van der Waals surface area contributed by atoms with Crippen molar-refractivity contribution in [1.82, 2.24) is 0 Å². The molecule has 0 unspecified atom stereocenters. The summed E-state index contributed by atoms with van der Waals surface area (Å²) in [4.78, 5) is 9.85. The molecule has 0 N–H and O–H groups in total. The number of aryl methyl sites for hydroxylation is 1. The number of nitrogens with zero attached hydrogens (tertiary/aromatic N) is 2. The Morgan fingerprint density at radius 1 is 0.325 bits per heavy atom. The van der Waals surface area contributed by atoms with Crippen LogP contribution in [0.4, 0.5) is 34.1 Å². The van der Waals surface area contributed by atoms with Crippen molar-refractivity contribution in [2.75, 3.05) is 9.80 Å². The zero-order valence-corrected chi connectivity index (χ0v) is 47.9. The molecular weight excluding hydrogens is 972 g/mol. The molecule has 10 aromatic rings. The van der Waals surface area contributed by atoms with Gasteiger partial charge in [-0.1, -0.05) is 213 Å². The molecule has 0 aromatic heterocycles. The third-order valence-electron chi connectivity index (χ3n) is 14.8. The molecule has 4 heteroatoms. The summed E-state index contributed by atoms with van der Waals surface area (Å²) >= 11 is 8.34. The third-order valence-corrected chi connectivity index (χ3v) is 19.1. The summed E-state index contributed by atoms with van der Waals surface area (Å²) < 4.78 is 0. The van der Waals surface area contributed by atoms with Crippen molar-refractivity contribution in [3.05, 3.63) is 276 Å². The summed E-state index contributed by atoms with van der Waals surface area (Å²) in [6, 6.07) is 91.8. The molecule has 0 aliphatic heterocycles. The van der Waals surface area contributed by atoms with Crippen LogP contribution in [0.5, 0.6) is 0 Å². The molecule has 2 nitrogen and oxygen atoms in total. The molecule has 0 atom stereocenters. The number of hydrogen-bond acceptors (Lipinski definition) is 2. The van der Waals surface area contributed by atoms with E-state index in [1.54, 1.807) is 0 Å². The van der Waals surface area contributed by atoms with Gasteiger partial charge in [0.15, 0.2) is 0 Å². The zero-order valence-electron chi connectivity index (χ0n) is 46.4. The fourth-order valence-electron chi connectivity index (χ4n) is 10.6. The van der Waals surface area contributed by atoms with Crippen LogP contribution in [0.25, 0.3) is 22.3 Å². The van der Waals surface area contributed by atoms with Crippen molar-refractivity contribution in [2.45, 2.75) is 105 Å². The first-order valence-electron chi connectivity index (χ1n) is 26.9. The van der Waals surface area contributed by atoms with E-state index in [2.05, 4.69) is 328 Å². The highest BCUT2D eigenvalue weighted by Gasteiger charge is 2.35. The number of anilines is 6. The molecule has 77 heavy (non-hydrogen) atoms. The first-order valence-corrected chi connectivity index (χ1v) is 28.9. The van der Waals surface area contributed by atoms with Crippen molar-refractivity contribution in [1.29, 1.82) is 0 Å². The summed E-state index contributed by atoms with van der Waals surface area (Å²) in [5.74, 6) is 0. The van der Waals surface area contributed by atoms with Crippen LogP contribution in [0.2, 0.25) is 5.02 Å². The molecule has 0 aliphatic carbocycles. The van der Waals surface area contributed by atoms with Gasteiger partial charge in [0.25, 0.3) is 0 Å². The Hall–Kier alpha value is -7.56. The first kappa shape index (κ1) is 52.9. The van der Waals surface area contributed by atoms with E-state index in [0.29, 0.717) is 5.02 Å². The molecule has 386 valence electrons. The SMILES string of the molecule is Cc1cc(N(c2ccc(C(C)(C)C)cc2)c2ccc(C(C)(C)C)cc2)c(Cl)c(N(c2ccc(S(c3ccccc3)(c3ccccc3)c3ccccc3)cc2)c2c(-c3ccccc3)cc(C(C)(C)C)cc2-c2ccccc2)c1. The third kappa shape index (κ3) is 10.6. The molecule has 10 rings (SSSR count). The Balaban J connectivity index is 1.30. The van der Waals surface area contributed by atoms with Gasteiger partial charge in [-0.05, 0) is 166 Å². The van der Waals surface area contributed by atoms with E-state index in [4.69, 9.17) is 11.6 Å². The molecule has 0 heterocycles. The highest BCUT2D eigenvalue weighted by atomic mass is 35.5. The number of hydrogen-bond donors (Lipinski definition) is 0. The van der Waals surface area contributed by atoms with Crippen molar-refractivity contribution < 1.29 is 0 Å². The number of benzene rings is 10. The fourth-order valence-corrected chi connectivity index (χ4v) is 14.7. The molecule has 0 fully saturated rings. The van der Waals surface area contributed by atoms with Gasteiger partial charge in [0.2, 0.25) is 0 Å². The van der Waals surface area contributed by atoms with Gasteiger partial charge in [-0.25, -0.2) is 0 Å². The van der Waals surface area contributed by atoms with E-state index >= 15 is 0 Å². The molecule has 0 bridgehead atoms. The molecule has 0 spiro atoms. The second-order valence-corrected chi connectivity index (χ2v) is 26.8. The van der Waals surface area contributed by atoms with Crippen LogP contribution in [0.15, 0.2) is 268 Å². The quantitative estimate of drug-likeness (QED) is 0.120. The Morgan fingerprint density at radius 3 is 0.974 bits per heavy atom. The Kier molecular flexibility index (Phi) is 14.7.